The summed E-state index contributed by atoms with van der Waals surface area (Å²) >= 11 is 3.33. The molecule has 0 aliphatic carbocycles. The van der Waals surface area contributed by atoms with Crippen LogP contribution in [0.25, 0.3) is 10.9 Å². The van der Waals surface area contributed by atoms with Crippen LogP contribution in [-0.2, 0) is 0 Å². The standard InChI is InChI=1S/C14H11BrN2O/c15-11-2-4-13(17-8-11)14(18)10-1-3-12-9(7-10)5-6-16-12/h1-8,14,16,18H. The van der Waals surface area contributed by atoms with E-state index in [0.717, 1.165) is 20.9 Å². The lowest BCUT2D eigenvalue weighted by atomic mass is 10.0. The normalized spacial score (nSPS) is 12.8. The molecule has 0 bridgehead atoms. The Morgan fingerprint density at radius 1 is 1.17 bits per heavy atom. The number of hydrogen-bond donors (Lipinski definition) is 2. The van der Waals surface area contributed by atoms with Crippen molar-refractivity contribution in [1.29, 1.82) is 0 Å². The molecule has 1 atom stereocenters. The Hall–Kier alpha value is -1.65. The summed E-state index contributed by atoms with van der Waals surface area (Å²) in [6, 6.07) is 11.5. The van der Waals surface area contributed by atoms with Gasteiger partial charge in [-0.3, -0.25) is 4.98 Å². The van der Waals surface area contributed by atoms with Gasteiger partial charge in [0.1, 0.15) is 6.10 Å². The number of nitrogens with zero attached hydrogens (tertiary/aromatic N) is 1. The van der Waals surface area contributed by atoms with Crippen LogP contribution in [0.15, 0.2) is 53.3 Å². The molecule has 1 unspecified atom stereocenters. The van der Waals surface area contributed by atoms with Gasteiger partial charge in [0, 0.05) is 22.4 Å². The van der Waals surface area contributed by atoms with Crippen molar-refractivity contribution in [2.24, 2.45) is 0 Å². The summed E-state index contributed by atoms with van der Waals surface area (Å²) in [6.07, 6.45) is 2.88. The maximum Gasteiger partial charge on any atom is 0.121 e. The van der Waals surface area contributed by atoms with E-state index in [4.69, 9.17) is 0 Å². The van der Waals surface area contributed by atoms with Crippen molar-refractivity contribution >= 4 is 26.8 Å². The molecule has 0 radical (unpaired) electrons. The molecule has 3 rings (SSSR count). The number of rotatable bonds is 2. The van der Waals surface area contributed by atoms with E-state index in [0.29, 0.717) is 5.69 Å². The minimum atomic E-state index is -0.697. The molecule has 2 heterocycles. The molecule has 0 spiro atoms. The lowest BCUT2D eigenvalue weighted by molar-refractivity contribution is 0.215. The summed E-state index contributed by atoms with van der Waals surface area (Å²) in [6.45, 7) is 0. The highest BCUT2D eigenvalue weighted by molar-refractivity contribution is 9.10. The number of benzene rings is 1. The number of aliphatic hydroxyl groups excluding tert-OH is 1. The zero-order valence-electron chi connectivity index (χ0n) is 9.47. The fourth-order valence-electron chi connectivity index (χ4n) is 1.96. The van der Waals surface area contributed by atoms with Crippen LogP contribution in [0.4, 0.5) is 0 Å². The third-order valence-electron chi connectivity index (χ3n) is 2.92. The van der Waals surface area contributed by atoms with Gasteiger partial charge < -0.3 is 10.1 Å². The van der Waals surface area contributed by atoms with Gasteiger partial charge in [0.15, 0.2) is 0 Å². The summed E-state index contributed by atoms with van der Waals surface area (Å²) < 4.78 is 0.902. The quantitative estimate of drug-likeness (QED) is 0.762. The topological polar surface area (TPSA) is 48.9 Å². The maximum absolute atomic E-state index is 10.3. The SMILES string of the molecule is OC(c1ccc2[nH]ccc2c1)c1ccc(Br)cn1. The van der Waals surface area contributed by atoms with Crippen LogP contribution < -0.4 is 0 Å². The molecule has 0 aliphatic heterocycles. The van der Waals surface area contributed by atoms with E-state index in [1.165, 1.54) is 0 Å². The molecule has 0 amide bonds. The fourth-order valence-corrected chi connectivity index (χ4v) is 2.20. The molecule has 0 saturated carbocycles. The molecular formula is C14H11BrN2O. The van der Waals surface area contributed by atoms with Crippen molar-refractivity contribution in [2.75, 3.05) is 0 Å². The first-order valence-electron chi connectivity index (χ1n) is 5.60. The van der Waals surface area contributed by atoms with Gasteiger partial charge in [-0.2, -0.15) is 0 Å². The third kappa shape index (κ3) is 2.05. The Kier molecular flexibility index (Phi) is 2.89. The Bertz CT molecular complexity index is 676. The molecule has 0 fully saturated rings. The van der Waals surface area contributed by atoms with Crippen LogP contribution in [0, 0.1) is 0 Å². The average molecular weight is 303 g/mol. The number of halogens is 1. The molecule has 3 nitrogen and oxygen atoms in total. The van der Waals surface area contributed by atoms with Gasteiger partial charge in [-0.25, -0.2) is 0 Å². The Labute approximate surface area is 113 Å². The first kappa shape index (κ1) is 11.4. The highest BCUT2D eigenvalue weighted by atomic mass is 79.9. The number of H-pyrrole nitrogens is 1. The van der Waals surface area contributed by atoms with Gasteiger partial charge in [0.05, 0.1) is 5.69 Å². The highest BCUT2D eigenvalue weighted by Crippen LogP contribution is 2.24. The van der Waals surface area contributed by atoms with Crippen LogP contribution in [0.3, 0.4) is 0 Å². The molecule has 4 heteroatoms. The number of hydrogen-bond acceptors (Lipinski definition) is 2. The van der Waals surface area contributed by atoms with Crippen molar-refractivity contribution in [1.82, 2.24) is 9.97 Å². The number of aromatic amines is 1. The minimum absolute atomic E-state index is 0.646. The van der Waals surface area contributed by atoms with Crippen LogP contribution in [0.1, 0.15) is 17.4 Å². The monoisotopic (exact) mass is 302 g/mol. The second kappa shape index (κ2) is 4.55. The van der Waals surface area contributed by atoms with Crippen LogP contribution in [0.2, 0.25) is 0 Å². The van der Waals surface area contributed by atoms with E-state index in [1.54, 1.807) is 6.20 Å². The van der Waals surface area contributed by atoms with E-state index < -0.39 is 6.10 Å². The Balaban J connectivity index is 2.00. The predicted molar refractivity (Wildman–Crippen MR) is 74.3 cm³/mol. The molecule has 2 N–H and O–H groups in total. The zero-order chi connectivity index (χ0) is 12.5. The van der Waals surface area contributed by atoms with Gasteiger partial charge in [-0.1, -0.05) is 6.07 Å². The summed E-state index contributed by atoms with van der Waals surface area (Å²) in [4.78, 5) is 7.35. The van der Waals surface area contributed by atoms with Gasteiger partial charge in [-0.05, 0) is 57.2 Å². The second-order valence-corrected chi connectivity index (χ2v) is 5.04. The van der Waals surface area contributed by atoms with Crippen molar-refractivity contribution < 1.29 is 5.11 Å². The Morgan fingerprint density at radius 2 is 2.06 bits per heavy atom. The zero-order valence-corrected chi connectivity index (χ0v) is 11.1. The number of aliphatic hydroxyl groups is 1. The number of aromatic nitrogens is 2. The van der Waals surface area contributed by atoms with Crippen LogP contribution >= 0.6 is 15.9 Å². The summed E-state index contributed by atoms with van der Waals surface area (Å²) in [5, 5.41) is 11.4. The predicted octanol–water partition coefficient (Wildman–Crippen LogP) is 3.41. The van der Waals surface area contributed by atoms with E-state index in [9.17, 15) is 5.11 Å². The lowest BCUT2D eigenvalue weighted by Gasteiger charge is -2.10. The van der Waals surface area contributed by atoms with Crippen molar-refractivity contribution in [3.63, 3.8) is 0 Å². The molecule has 0 saturated heterocycles. The molecule has 90 valence electrons. The molecule has 3 aromatic rings. The molecular weight excluding hydrogens is 292 g/mol. The first-order valence-corrected chi connectivity index (χ1v) is 6.40. The highest BCUT2D eigenvalue weighted by Gasteiger charge is 2.12. The van der Waals surface area contributed by atoms with E-state index in [-0.39, 0.29) is 0 Å². The maximum atomic E-state index is 10.3. The summed E-state index contributed by atoms with van der Waals surface area (Å²) in [5.74, 6) is 0. The molecule has 18 heavy (non-hydrogen) atoms. The van der Waals surface area contributed by atoms with Crippen LogP contribution in [-0.4, -0.2) is 15.1 Å². The number of fused-ring (bicyclic) bond motifs is 1. The Morgan fingerprint density at radius 3 is 2.83 bits per heavy atom. The largest absolute Gasteiger partial charge is 0.382 e. The van der Waals surface area contributed by atoms with Crippen molar-refractivity contribution in [3.8, 4) is 0 Å². The van der Waals surface area contributed by atoms with E-state index >= 15 is 0 Å². The van der Waals surface area contributed by atoms with Gasteiger partial charge in [0.25, 0.3) is 0 Å². The minimum Gasteiger partial charge on any atom is -0.382 e. The van der Waals surface area contributed by atoms with Gasteiger partial charge in [0.2, 0.25) is 0 Å². The second-order valence-electron chi connectivity index (χ2n) is 4.13. The summed E-state index contributed by atoms with van der Waals surface area (Å²) in [7, 11) is 0. The average Bonchev–Trinajstić information content (AvgIpc) is 2.86. The fraction of sp³-hybridized carbons (Fsp3) is 0.0714. The van der Waals surface area contributed by atoms with E-state index in [2.05, 4.69) is 25.9 Å². The van der Waals surface area contributed by atoms with Crippen molar-refractivity contribution in [3.05, 3.63) is 64.5 Å². The van der Waals surface area contributed by atoms with Crippen LogP contribution in [0.5, 0.6) is 0 Å². The lowest BCUT2D eigenvalue weighted by Crippen LogP contribution is -2.01. The number of nitrogens with one attached hydrogen (secondary N) is 1. The van der Waals surface area contributed by atoms with Gasteiger partial charge >= 0.3 is 0 Å². The van der Waals surface area contributed by atoms with Gasteiger partial charge in [-0.15, -0.1) is 0 Å². The van der Waals surface area contributed by atoms with Crippen molar-refractivity contribution in [2.45, 2.75) is 6.10 Å². The number of pyridine rings is 1. The third-order valence-corrected chi connectivity index (χ3v) is 3.39. The smallest absolute Gasteiger partial charge is 0.121 e. The molecule has 0 aliphatic rings. The van der Waals surface area contributed by atoms with E-state index in [1.807, 2.05) is 42.6 Å². The summed E-state index contributed by atoms with van der Waals surface area (Å²) in [5.41, 5.74) is 2.56. The molecule has 1 aromatic carbocycles. The first-order chi connectivity index (χ1) is 8.74. The molecule has 2 aromatic heterocycles.